The van der Waals surface area contributed by atoms with E-state index in [0.717, 1.165) is 23.3 Å². The maximum Gasteiger partial charge on any atom is 0.226 e. The molecule has 0 spiro atoms. The van der Waals surface area contributed by atoms with E-state index < -0.39 is 0 Å². The minimum Gasteiger partial charge on any atom is -0.353 e. The van der Waals surface area contributed by atoms with Crippen LogP contribution in [0.4, 0.5) is 21.8 Å². The highest BCUT2D eigenvalue weighted by Crippen LogP contribution is 2.27. The largest absolute Gasteiger partial charge is 0.353 e. The molecule has 0 bridgehead atoms. The van der Waals surface area contributed by atoms with Gasteiger partial charge in [-0.25, -0.2) is 9.07 Å². The molecule has 0 saturated carbocycles. The average Bonchev–Trinajstić information content (AvgIpc) is 3.14. The van der Waals surface area contributed by atoms with Gasteiger partial charge in [0.2, 0.25) is 5.95 Å². The van der Waals surface area contributed by atoms with Gasteiger partial charge in [-0.1, -0.05) is 18.2 Å². The van der Waals surface area contributed by atoms with Crippen molar-refractivity contribution in [3.63, 3.8) is 0 Å². The Bertz CT molecular complexity index is 1090. The van der Waals surface area contributed by atoms with Crippen molar-refractivity contribution >= 4 is 28.5 Å². The second kappa shape index (κ2) is 8.24. The van der Waals surface area contributed by atoms with E-state index in [4.69, 9.17) is 0 Å². The van der Waals surface area contributed by atoms with Gasteiger partial charge >= 0.3 is 0 Å². The van der Waals surface area contributed by atoms with Crippen LogP contribution < -0.4 is 10.6 Å². The molecular formula is C21H22FN7. The Morgan fingerprint density at radius 3 is 2.48 bits per heavy atom. The molecule has 0 saturated heterocycles. The minimum absolute atomic E-state index is 0.286. The summed E-state index contributed by atoms with van der Waals surface area (Å²) >= 11 is 0. The molecule has 0 atom stereocenters. The van der Waals surface area contributed by atoms with Gasteiger partial charge in [0.1, 0.15) is 11.6 Å². The first kappa shape index (κ1) is 18.8. The Labute approximate surface area is 168 Å². The van der Waals surface area contributed by atoms with Crippen molar-refractivity contribution in [3.8, 4) is 5.69 Å². The first-order valence-corrected chi connectivity index (χ1v) is 9.32. The first-order chi connectivity index (χ1) is 14.1. The fraction of sp³-hybridized carbons (Fsp3) is 0.190. The topological polar surface area (TPSA) is 70.9 Å². The molecule has 0 radical (unpaired) electrons. The zero-order valence-corrected chi connectivity index (χ0v) is 16.3. The van der Waals surface area contributed by atoms with Gasteiger partial charge in [0, 0.05) is 18.8 Å². The molecule has 0 aliphatic rings. The van der Waals surface area contributed by atoms with Crippen LogP contribution in [-0.4, -0.2) is 51.8 Å². The Kier molecular flexibility index (Phi) is 5.35. The Morgan fingerprint density at radius 1 is 1.00 bits per heavy atom. The van der Waals surface area contributed by atoms with Gasteiger partial charge in [-0.05, 0) is 50.5 Å². The number of likely N-dealkylation sites (N-methyl/N-ethyl adjacent to an activating group) is 1. The molecule has 148 valence electrons. The Balaban J connectivity index is 1.75. The summed E-state index contributed by atoms with van der Waals surface area (Å²) in [5.74, 6) is 0.823. The number of nitrogens with zero attached hydrogens (tertiary/aromatic N) is 5. The summed E-state index contributed by atoms with van der Waals surface area (Å²) in [5.41, 5.74) is 2.33. The van der Waals surface area contributed by atoms with E-state index in [2.05, 4.69) is 30.6 Å². The predicted octanol–water partition coefficient (Wildman–Crippen LogP) is 3.67. The third-order valence-electron chi connectivity index (χ3n) is 4.38. The Morgan fingerprint density at radius 2 is 1.76 bits per heavy atom. The van der Waals surface area contributed by atoms with E-state index in [1.807, 2.05) is 44.4 Å². The van der Waals surface area contributed by atoms with Gasteiger partial charge in [0.25, 0.3) is 0 Å². The molecule has 2 heterocycles. The van der Waals surface area contributed by atoms with Crippen LogP contribution in [0.1, 0.15) is 0 Å². The quantitative estimate of drug-likeness (QED) is 0.501. The third kappa shape index (κ3) is 4.33. The molecule has 2 aromatic heterocycles. The molecule has 29 heavy (non-hydrogen) atoms. The van der Waals surface area contributed by atoms with Crippen molar-refractivity contribution in [2.75, 3.05) is 37.8 Å². The zero-order valence-electron chi connectivity index (χ0n) is 16.3. The van der Waals surface area contributed by atoms with Crippen LogP contribution in [0.2, 0.25) is 0 Å². The molecule has 0 unspecified atom stereocenters. The van der Waals surface area contributed by atoms with Crippen LogP contribution in [-0.2, 0) is 0 Å². The van der Waals surface area contributed by atoms with Crippen molar-refractivity contribution in [2.24, 2.45) is 0 Å². The predicted molar refractivity (Wildman–Crippen MR) is 113 cm³/mol. The van der Waals surface area contributed by atoms with Gasteiger partial charge in [-0.2, -0.15) is 15.1 Å². The number of hydrogen-bond acceptors (Lipinski definition) is 6. The van der Waals surface area contributed by atoms with Gasteiger partial charge in [0.15, 0.2) is 5.65 Å². The molecule has 4 aromatic rings. The molecule has 7 nitrogen and oxygen atoms in total. The lowest BCUT2D eigenvalue weighted by Crippen LogP contribution is -2.21. The van der Waals surface area contributed by atoms with E-state index in [0.29, 0.717) is 24.0 Å². The summed E-state index contributed by atoms with van der Waals surface area (Å²) in [7, 11) is 4.02. The number of anilines is 3. The van der Waals surface area contributed by atoms with Crippen LogP contribution in [0.3, 0.4) is 0 Å². The van der Waals surface area contributed by atoms with Gasteiger partial charge in [-0.15, -0.1) is 0 Å². The van der Waals surface area contributed by atoms with Crippen LogP contribution in [0.25, 0.3) is 16.7 Å². The SMILES string of the molecule is CN(C)CCNc1nc(Nc2ccc(F)cc2)c2cnn(-c3ccccc3)c2n1. The number of halogens is 1. The van der Waals surface area contributed by atoms with Crippen LogP contribution >= 0.6 is 0 Å². The number of aromatic nitrogens is 4. The van der Waals surface area contributed by atoms with Crippen molar-refractivity contribution in [1.82, 2.24) is 24.6 Å². The van der Waals surface area contributed by atoms with Crippen molar-refractivity contribution in [2.45, 2.75) is 0 Å². The highest BCUT2D eigenvalue weighted by molar-refractivity contribution is 5.90. The fourth-order valence-electron chi connectivity index (χ4n) is 2.90. The third-order valence-corrected chi connectivity index (χ3v) is 4.38. The average molecular weight is 391 g/mol. The van der Waals surface area contributed by atoms with Crippen LogP contribution in [0, 0.1) is 5.82 Å². The second-order valence-corrected chi connectivity index (χ2v) is 6.89. The number of para-hydroxylation sites is 1. The molecular weight excluding hydrogens is 369 g/mol. The zero-order chi connectivity index (χ0) is 20.2. The maximum absolute atomic E-state index is 13.3. The molecule has 0 aliphatic heterocycles. The number of rotatable bonds is 7. The molecule has 2 aromatic carbocycles. The van der Waals surface area contributed by atoms with Crippen molar-refractivity contribution < 1.29 is 4.39 Å². The summed E-state index contributed by atoms with van der Waals surface area (Å²) in [6.07, 6.45) is 1.73. The lowest BCUT2D eigenvalue weighted by atomic mass is 10.3. The smallest absolute Gasteiger partial charge is 0.226 e. The van der Waals surface area contributed by atoms with Crippen molar-refractivity contribution in [1.29, 1.82) is 0 Å². The normalized spacial score (nSPS) is 11.2. The summed E-state index contributed by atoms with van der Waals surface area (Å²) in [5, 5.41) is 11.8. The highest BCUT2D eigenvalue weighted by Gasteiger charge is 2.14. The van der Waals surface area contributed by atoms with Crippen molar-refractivity contribution in [3.05, 3.63) is 66.6 Å². The fourth-order valence-corrected chi connectivity index (χ4v) is 2.90. The molecule has 2 N–H and O–H groups in total. The molecule has 0 fully saturated rings. The highest BCUT2D eigenvalue weighted by atomic mass is 19.1. The summed E-state index contributed by atoms with van der Waals surface area (Å²) in [6.45, 7) is 1.55. The second-order valence-electron chi connectivity index (χ2n) is 6.89. The number of fused-ring (bicyclic) bond motifs is 1. The molecule has 4 rings (SSSR count). The monoisotopic (exact) mass is 391 g/mol. The lowest BCUT2D eigenvalue weighted by Gasteiger charge is -2.13. The number of nitrogens with one attached hydrogen (secondary N) is 2. The van der Waals surface area contributed by atoms with E-state index in [1.165, 1.54) is 12.1 Å². The summed E-state index contributed by atoms with van der Waals surface area (Å²) < 4.78 is 15.0. The molecule has 0 amide bonds. The van der Waals surface area contributed by atoms with E-state index >= 15 is 0 Å². The first-order valence-electron chi connectivity index (χ1n) is 9.32. The summed E-state index contributed by atoms with van der Waals surface area (Å²) in [4.78, 5) is 11.4. The van der Waals surface area contributed by atoms with Crippen LogP contribution in [0.15, 0.2) is 60.8 Å². The van der Waals surface area contributed by atoms with Gasteiger partial charge in [-0.3, -0.25) is 0 Å². The van der Waals surface area contributed by atoms with Gasteiger partial charge in [0.05, 0.1) is 17.3 Å². The van der Waals surface area contributed by atoms with E-state index in [9.17, 15) is 4.39 Å². The minimum atomic E-state index is -0.286. The van der Waals surface area contributed by atoms with Gasteiger partial charge < -0.3 is 15.5 Å². The van der Waals surface area contributed by atoms with E-state index in [1.54, 1.807) is 23.0 Å². The standard InChI is InChI=1S/C21H22FN7/c1-28(2)13-12-23-21-26-19(25-16-10-8-15(22)9-11-16)18-14-24-29(20(18)27-21)17-6-4-3-5-7-17/h3-11,14H,12-13H2,1-2H3,(H2,23,25,26,27). The summed E-state index contributed by atoms with van der Waals surface area (Å²) in [6, 6.07) is 16.0. The molecule has 0 aliphatic carbocycles. The Hall–Kier alpha value is -3.52. The van der Waals surface area contributed by atoms with E-state index in [-0.39, 0.29) is 5.82 Å². The molecule has 8 heteroatoms. The van der Waals surface area contributed by atoms with Crippen LogP contribution in [0.5, 0.6) is 0 Å². The number of hydrogen-bond donors (Lipinski definition) is 2. The lowest BCUT2D eigenvalue weighted by molar-refractivity contribution is 0.425. The number of benzene rings is 2. The maximum atomic E-state index is 13.3.